The second-order valence-corrected chi connectivity index (χ2v) is 6.98. The molecule has 0 atom stereocenters. The van der Waals surface area contributed by atoms with E-state index in [-0.39, 0.29) is 16.4 Å². The molecule has 0 aromatic heterocycles. The number of anilines is 2. The number of non-ortho nitro benzene ring substituents is 1. The Kier molecular flexibility index (Phi) is 6.01. The third kappa shape index (κ3) is 4.52. The van der Waals surface area contributed by atoms with Crippen molar-refractivity contribution in [3.05, 3.63) is 62.6 Å². The van der Waals surface area contributed by atoms with Crippen molar-refractivity contribution in [2.75, 3.05) is 36.4 Å². The molecular weight excluding hydrogens is 407 g/mol. The summed E-state index contributed by atoms with van der Waals surface area (Å²) in [5, 5.41) is 14.0. The Morgan fingerprint density at radius 2 is 1.75 bits per heavy atom. The number of rotatable bonds is 3. The molecular formula is C18H16Cl2N4O4. The summed E-state index contributed by atoms with van der Waals surface area (Å²) in [5.41, 5.74) is 0.737. The number of nitrogens with one attached hydrogen (secondary N) is 1. The van der Waals surface area contributed by atoms with E-state index < -0.39 is 16.7 Å². The predicted octanol–water partition coefficient (Wildman–Crippen LogP) is 3.19. The van der Waals surface area contributed by atoms with Gasteiger partial charge in [0.15, 0.2) is 0 Å². The Hall–Kier alpha value is -2.84. The third-order valence-electron chi connectivity index (χ3n) is 4.34. The highest BCUT2D eigenvalue weighted by atomic mass is 35.5. The van der Waals surface area contributed by atoms with Gasteiger partial charge in [-0.2, -0.15) is 0 Å². The number of nitro groups is 1. The molecule has 0 bridgehead atoms. The first-order valence-corrected chi connectivity index (χ1v) is 9.15. The number of nitrogens with zero attached hydrogens (tertiary/aromatic N) is 3. The lowest BCUT2D eigenvalue weighted by atomic mass is 10.2. The molecule has 0 radical (unpaired) electrons. The molecule has 8 nitrogen and oxygen atoms in total. The highest BCUT2D eigenvalue weighted by Gasteiger charge is 2.27. The molecule has 0 aliphatic carbocycles. The van der Waals surface area contributed by atoms with Gasteiger partial charge in [-0.1, -0.05) is 29.3 Å². The first-order valence-electron chi connectivity index (χ1n) is 8.40. The molecule has 2 aromatic rings. The van der Waals surface area contributed by atoms with Crippen LogP contribution < -0.4 is 10.2 Å². The van der Waals surface area contributed by atoms with Crippen molar-refractivity contribution in [1.29, 1.82) is 0 Å². The topological polar surface area (TPSA) is 95.8 Å². The van der Waals surface area contributed by atoms with E-state index in [1.807, 2.05) is 18.2 Å². The van der Waals surface area contributed by atoms with Gasteiger partial charge >= 0.3 is 11.8 Å². The van der Waals surface area contributed by atoms with Gasteiger partial charge in [0.2, 0.25) is 0 Å². The Balaban J connectivity index is 1.61. The van der Waals surface area contributed by atoms with Crippen LogP contribution in [0.5, 0.6) is 0 Å². The monoisotopic (exact) mass is 422 g/mol. The fourth-order valence-corrected chi connectivity index (χ4v) is 3.23. The van der Waals surface area contributed by atoms with Gasteiger partial charge < -0.3 is 15.1 Å². The predicted molar refractivity (Wildman–Crippen MR) is 107 cm³/mol. The van der Waals surface area contributed by atoms with Crippen molar-refractivity contribution >= 4 is 52.1 Å². The van der Waals surface area contributed by atoms with Crippen LogP contribution in [0.15, 0.2) is 42.5 Å². The van der Waals surface area contributed by atoms with Crippen molar-refractivity contribution in [2.24, 2.45) is 0 Å². The van der Waals surface area contributed by atoms with Crippen molar-refractivity contribution in [1.82, 2.24) is 4.90 Å². The molecule has 1 saturated heterocycles. The van der Waals surface area contributed by atoms with Gasteiger partial charge in [-0.25, -0.2) is 0 Å². The number of benzene rings is 2. The average molecular weight is 423 g/mol. The Morgan fingerprint density at radius 3 is 2.39 bits per heavy atom. The van der Waals surface area contributed by atoms with Crippen LogP contribution in [0.2, 0.25) is 10.0 Å². The number of carbonyl (C=O) groups excluding carboxylic acids is 2. The number of halogens is 2. The Labute approximate surface area is 170 Å². The summed E-state index contributed by atoms with van der Waals surface area (Å²) < 4.78 is 0. The molecule has 0 saturated carbocycles. The highest BCUT2D eigenvalue weighted by molar-refractivity contribution is 6.41. The van der Waals surface area contributed by atoms with Gasteiger partial charge in [0.1, 0.15) is 0 Å². The van der Waals surface area contributed by atoms with E-state index in [2.05, 4.69) is 10.2 Å². The minimum atomic E-state index is -0.890. The standard InChI is InChI=1S/C18H16Cl2N4O4/c19-12-2-1-3-13(10-12)22-6-8-23(9-7-22)18(26)17(25)21-16-11-14(24(27)28)4-5-15(16)20/h1-5,10-11H,6-9H2,(H,21,25). The zero-order valence-corrected chi connectivity index (χ0v) is 16.1. The first-order chi connectivity index (χ1) is 13.3. The second-order valence-electron chi connectivity index (χ2n) is 6.13. The Morgan fingerprint density at radius 1 is 1.04 bits per heavy atom. The lowest BCUT2D eigenvalue weighted by Crippen LogP contribution is -2.51. The van der Waals surface area contributed by atoms with Crippen LogP contribution in [0.3, 0.4) is 0 Å². The molecule has 2 amide bonds. The summed E-state index contributed by atoms with van der Waals surface area (Å²) in [7, 11) is 0. The molecule has 10 heteroatoms. The third-order valence-corrected chi connectivity index (χ3v) is 4.91. The van der Waals surface area contributed by atoms with Crippen LogP contribution in [-0.2, 0) is 9.59 Å². The van der Waals surface area contributed by atoms with E-state index in [4.69, 9.17) is 23.2 Å². The minimum absolute atomic E-state index is 0.0202. The molecule has 28 heavy (non-hydrogen) atoms. The second kappa shape index (κ2) is 8.45. The maximum atomic E-state index is 12.4. The maximum absolute atomic E-state index is 12.4. The van der Waals surface area contributed by atoms with Gasteiger partial charge in [0.25, 0.3) is 5.69 Å². The van der Waals surface area contributed by atoms with Gasteiger partial charge in [-0.05, 0) is 24.3 Å². The van der Waals surface area contributed by atoms with Crippen LogP contribution in [0.25, 0.3) is 0 Å². The smallest absolute Gasteiger partial charge is 0.313 e. The maximum Gasteiger partial charge on any atom is 0.313 e. The van der Waals surface area contributed by atoms with E-state index in [1.165, 1.54) is 17.0 Å². The van der Waals surface area contributed by atoms with Crippen molar-refractivity contribution in [3.8, 4) is 0 Å². The lowest BCUT2D eigenvalue weighted by Gasteiger charge is -2.35. The summed E-state index contributed by atoms with van der Waals surface area (Å²) in [4.78, 5) is 38.5. The summed E-state index contributed by atoms with van der Waals surface area (Å²) in [6.07, 6.45) is 0. The molecule has 1 N–H and O–H groups in total. The highest BCUT2D eigenvalue weighted by Crippen LogP contribution is 2.27. The largest absolute Gasteiger partial charge is 0.368 e. The zero-order valence-electron chi connectivity index (χ0n) is 14.6. The molecule has 1 fully saturated rings. The van der Waals surface area contributed by atoms with Crippen LogP contribution in [-0.4, -0.2) is 47.8 Å². The normalized spacial score (nSPS) is 13.9. The first kappa shape index (κ1) is 19.9. The molecule has 2 aromatic carbocycles. The number of piperazine rings is 1. The summed E-state index contributed by atoms with van der Waals surface area (Å²) in [6.45, 7) is 1.83. The molecule has 0 unspecified atom stereocenters. The average Bonchev–Trinajstić information content (AvgIpc) is 2.69. The fourth-order valence-electron chi connectivity index (χ4n) is 2.88. The van der Waals surface area contributed by atoms with E-state index in [9.17, 15) is 19.7 Å². The summed E-state index contributed by atoms with van der Waals surface area (Å²) in [6, 6.07) is 11.0. The van der Waals surface area contributed by atoms with Crippen LogP contribution in [0, 0.1) is 10.1 Å². The number of amides is 2. The molecule has 146 valence electrons. The van der Waals surface area contributed by atoms with Gasteiger partial charge in [-0.3, -0.25) is 19.7 Å². The van der Waals surface area contributed by atoms with Gasteiger partial charge in [0, 0.05) is 49.0 Å². The van der Waals surface area contributed by atoms with E-state index >= 15 is 0 Å². The molecule has 1 aliphatic rings. The number of hydrogen-bond acceptors (Lipinski definition) is 5. The van der Waals surface area contributed by atoms with Crippen LogP contribution in [0.4, 0.5) is 17.1 Å². The quantitative estimate of drug-likeness (QED) is 0.465. The molecule has 0 spiro atoms. The molecule has 3 rings (SSSR count). The number of hydrogen-bond donors (Lipinski definition) is 1. The summed E-state index contributed by atoms with van der Waals surface area (Å²) in [5.74, 6) is -1.60. The lowest BCUT2D eigenvalue weighted by molar-refractivity contribution is -0.384. The molecule has 1 heterocycles. The van der Waals surface area contributed by atoms with E-state index in [0.29, 0.717) is 31.2 Å². The van der Waals surface area contributed by atoms with Crippen molar-refractivity contribution in [3.63, 3.8) is 0 Å². The number of carbonyl (C=O) groups is 2. The molecule has 1 aliphatic heterocycles. The van der Waals surface area contributed by atoms with Crippen molar-refractivity contribution < 1.29 is 14.5 Å². The SMILES string of the molecule is O=C(Nc1cc([N+](=O)[O-])ccc1Cl)C(=O)N1CCN(c2cccc(Cl)c2)CC1. The number of nitro benzene ring substituents is 1. The zero-order chi connectivity index (χ0) is 20.3. The minimum Gasteiger partial charge on any atom is -0.368 e. The van der Waals surface area contributed by atoms with E-state index in [0.717, 1.165) is 11.8 Å². The van der Waals surface area contributed by atoms with Crippen molar-refractivity contribution in [2.45, 2.75) is 0 Å². The van der Waals surface area contributed by atoms with Crippen LogP contribution >= 0.6 is 23.2 Å². The fraction of sp³-hybridized carbons (Fsp3) is 0.222. The van der Waals surface area contributed by atoms with Crippen LogP contribution in [0.1, 0.15) is 0 Å². The van der Waals surface area contributed by atoms with Gasteiger partial charge in [0.05, 0.1) is 15.6 Å². The van der Waals surface area contributed by atoms with Gasteiger partial charge in [-0.15, -0.1) is 0 Å². The summed E-state index contributed by atoms with van der Waals surface area (Å²) >= 11 is 12.0. The van der Waals surface area contributed by atoms with E-state index in [1.54, 1.807) is 6.07 Å². The Bertz CT molecular complexity index is 930.